The number of esters is 1. The van der Waals surface area contributed by atoms with Crippen LogP contribution in [0.1, 0.15) is 6.42 Å². The predicted octanol–water partition coefficient (Wildman–Crippen LogP) is -1.57. The molecule has 1 atom stereocenters. The highest BCUT2D eigenvalue weighted by atomic mass is 16.5. The van der Waals surface area contributed by atoms with Crippen molar-refractivity contribution in [3.63, 3.8) is 0 Å². The van der Waals surface area contributed by atoms with Crippen LogP contribution < -0.4 is 5.32 Å². The molecule has 1 unspecified atom stereocenters. The minimum Gasteiger partial charge on any atom is -0.480 e. The fourth-order valence-corrected chi connectivity index (χ4v) is 1.52. The first kappa shape index (κ1) is 12.4. The van der Waals surface area contributed by atoms with Crippen LogP contribution in [0.3, 0.4) is 0 Å². The van der Waals surface area contributed by atoms with Gasteiger partial charge in [0.2, 0.25) is 5.91 Å². The Morgan fingerprint density at radius 2 is 2.31 bits per heavy atom. The molecule has 0 aromatic heterocycles. The van der Waals surface area contributed by atoms with Crippen molar-refractivity contribution in [3.05, 3.63) is 0 Å². The number of hydrogen-bond donors (Lipinski definition) is 2. The molecule has 7 nitrogen and oxygen atoms in total. The number of methoxy groups -OCH3 is 1. The number of rotatable bonds is 4. The molecule has 0 aromatic carbocycles. The first-order chi connectivity index (χ1) is 7.54. The van der Waals surface area contributed by atoms with Crippen molar-refractivity contribution < 1.29 is 24.2 Å². The van der Waals surface area contributed by atoms with E-state index < -0.39 is 18.0 Å². The Bertz CT molecular complexity index is 304. The van der Waals surface area contributed by atoms with Gasteiger partial charge in [0.25, 0.3) is 0 Å². The topological polar surface area (TPSA) is 95.9 Å². The van der Waals surface area contributed by atoms with Gasteiger partial charge in [0.05, 0.1) is 19.6 Å². The minimum atomic E-state index is -1.06. The van der Waals surface area contributed by atoms with Crippen LogP contribution >= 0.6 is 0 Å². The monoisotopic (exact) mass is 230 g/mol. The number of ether oxygens (including phenoxy) is 1. The Labute approximate surface area is 92.4 Å². The summed E-state index contributed by atoms with van der Waals surface area (Å²) >= 11 is 0. The fraction of sp³-hybridized carbons (Fsp3) is 0.667. The number of carbonyl (C=O) groups is 3. The van der Waals surface area contributed by atoms with Gasteiger partial charge in [-0.15, -0.1) is 0 Å². The first-order valence-corrected chi connectivity index (χ1v) is 4.85. The second-order valence-corrected chi connectivity index (χ2v) is 3.44. The van der Waals surface area contributed by atoms with Gasteiger partial charge in [0.1, 0.15) is 6.54 Å². The van der Waals surface area contributed by atoms with Crippen LogP contribution in [0.25, 0.3) is 0 Å². The van der Waals surface area contributed by atoms with E-state index in [9.17, 15) is 14.4 Å². The third-order valence-electron chi connectivity index (χ3n) is 2.31. The average molecular weight is 230 g/mol. The lowest BCUT2D eigenvalue weighted by molar-refractivity contribution is -0.149. The minimum absolute atomic E-state index is 0.0779. The number of carboxylic acids is 1. The van der Waals surface area contributed by atoms with E-state index >= 15 is 0 Å². The largest absolute Gasteiger partial charge is 0.480 e. The normalized spacial score (nSPS) is 20.7. The Morgan fingerprint density at radius 1 is 1.62 bits per heavy atom. The second-order valence-electron chi connectivity index (χ2n) is 3.44. The molecular weight excluding hydrogens is 216 g/mol. The van der Waals surface area contributed by atoms with Crippen LogP contribution in [0.4, 0.5) is 0 Å². The number of nitrogens with one attached hydrogen (secondary N) is 1. The van der Waals surface area contributed by atoms with Crippen molar-refractivity contribution >= 4 is 17.8 Å². The van der Waals surface area contributed by atoms with Crippen molar-refractivity contribution in [1.29, 1.82) is 0 Å². The standard InChI is InChI=1S/C9H14N2O5/c1-16-8(14)4-6-9(15)11(3-2-10-6)5-7(12)13/h6,10H,2-5H2,1H3,(H,12,13). The summed E-state index contributed by atoms with van der Waals surface area (Å²) in [5.74, 6) is -1.94. The van der Waals surface area contributed by atoms with Crippen LogP contribution in [0, 0.1) is 0 Å². The SMILES string of the molecule is COC(=O)CC1NCCN(CC(=O)O)C1=O. The van der Waals surface area contributed by atoms with E-state index in [1.165, 1.54) is 12.0 Å². The Balaban J connectivity index is 2.56. The first-order valence-electron chi connectivity index (χ1n) is 4.85. The lowest BCUT2D eigenvalue weighted by atomic mass is 10.1. The average Bonchev–Trinajstić information content (AvgIpc) is 2.23. The molecule has 0 bridgehead atoms. The number of carboxylic acid groups (broad SMARTS) is 1. The number of carbonyl (C=O) groups excluding carboxylic acids is 2. The Kier molecular flexibility index (Phi) is 4.24. The van der Waals surface area contributed by atoms with Gasteiger partial charge >= 0.3 is 11.9 Å². The number of piperazine rings is 1. The number of aliphatic carboxylic acids is 1. The molecule has 0 aromatic rings. The molecular formula is C9H14N2O5. The van der Waals surface area contributed by atoms with Gasteiger partial charge < -0.3 is 20.1 Å². The van der Waals surface area contributed by atoms with E-state index in [0.717, 1.165) is 0 Å². The fourth-order valence-electron chi connectivity index (χ4n) is 1.52. The highest BCUT2D eigenvalue weighted by molar-refractivity contribution is 5.89. The summed E-state index contributed by atoms with van der Waals surface area (Å²) in [6.45, 7) is 0.474. The van der Waals surface area contributed by atoms with E-state index in [1.807, 2.05) is 0 Å². The molecule has 0 saturated carbocycles. The molecule has 0 radical (unpaired) electrons. The summed E-state index contributed by atoms with van der Waals surface area (Å²) in [5.41, 5.74) is 0. The number of hydrogen-bond acceptors (Lipinski definition) is 5. The van der Waals surface area contributed by atoms with Crippen molar-refractivity contribution in [2.24, 2.45) is 0 Å². The van der Waals surface area contributed by atoms with Crippen molar-refractivity contribution in [2.45, 2.75) is 12.5 Å². The van der Waals surface area contributed by atoms with E-state index in [2.05, 4.69) is 10.1 Å². The maximum Gasteiger partial charge on any atom is 0.323 e. The van der Waals surface area contributed by atoms with Crippen molar-refractivity contribution in [1.82, 2.24) is 10.2 Å². The summed E-state index contributed by atoms with van der Waals surface area (Å²) in [7, 11) is 1.24. The molecule has 2 N–H and O–H groups in total. The molecule has 0 aliphatic carbocycles. The number of nitrogens with zero attached hydrogens (tertiary/aromatic N) is 1. The van der Waals surface area contributed by atoms with Crippen LogP contribution in [0.2, 0.25) is 0 Å². The molecule has 16 heavy (non-hydrogen) atoms. The Morgan fingerprint density at radius 3 is 2.88 bits per heavy atom. The molecule has 90 valence electrons. The van der Waals surface area contributed by atoms with Gasteiger partial charge in [-0.1, -0.05) is 0 Å². The molecule has 0 spiro atoms. The zero-order valence-corrected chi connectivity index (χ0v) is 8.93. The lowest BCUT2D eigenvalue weighted by Gasteiger charge is -2.31. The zero-order valence-electron chi connectivity index (χ0n) is 8.93. The van der Waals surface area contributed by atoms with Crippen LogP contribution in [0.5, 0.6) is 0 Å². The van der Waals surface area contributed by atoms with E-state index in [-0.39, 0.29) is 18.9 Å². The molecule has 7 heteroatoms. The second kappa shape index (κ2) is 5.45. The zero-order chi connectivity index (χ0) is 12.1. The molecule has 1 heterocycles. The van der Waals surface area contributed by atoms with E-state index in [4.69, 9.17) is 5.11 Å². The molecule has 1 saturated heterocycles. The third kappa shape index (κ3) is 3.20. The van der Waals surface area contributed by atoms with Gasteiger partial charge in [-0.3, -0.25) is 14.4 Å². The van der Waals surface area contributed by atoms with E-state index in [0.29, 0.717) is 13.1 Å². The van der Waals surface area contributed by atoms with Crippen LogP contribution in [-0.2, 0) is 19.1 Å². The summed E-state index contributed by atoms with van der Waals surface area (Å²) < 4.78 is 4.45. The Hall–Kier alpha value is -1.63. The van der Waals surface area contributed by atoms with Gasteiger partial charge in [0, 0.05) is 13.1 Å². The predicted molar refractivity (Wildman–Crippen MR) is 52.6 cm³/mol. The molecule has 1 aliphatic heterocycles. The third-order valence-corrected chi connectivity index (χ3v) is 2.31. The van der Waals surface area contributed by atoms with Crippen molar-refractivity contribution in [2.75, 3.05) is 26.7 Å². The lowest BCUT2D eigenvalue weighted by Crippen LogP contribution is -2.56. The summed E-state index contributed by atoms with van der Waals surface area (Å²) in [4.78, 5) is 34.4. The van der Waals surface area contributed by atoms with Crippen LogP contribution in [-0.4, -0.2) is 60.6 Å². The molecule has 1 rings (SSSR count). The summed E-state index contributed by atoms with van der Waals surface area (Å²) in [6.07, 6.45) is -0.0779. The maximum absolute atomic E-state index is 11.7. The van der Waals surface area contributed by atoms with Crippen LogP contribution in [0.15, 0.2) is 0 Å². The number of amides is 1. The van der Waals surface area contributed by atoms with Gasteiger partial charge in [-0.05, 0) is 0 Å². The van der Waals surface area contributed by atoms with Crippen molar-refractivity contribution in [3.8, 4) is 0 Å². The van der Waals surface area contributed by atoms with Gasteiger partial charge in [0.15, 0.2) is 0 Å². The maximum atomic E-state index is 11.7. The molecule has 1 fully saturated rings. The van der Waals surface area contributed by atoms with Gasteiger partial charge in [-0.25, -0.2) is 0 Å². The quantitative estimate of drug-likeness (QED) is 0.567. The van der Waals surface area contributed by atoms with Gasteiger partial charge in [-0.2, -0.15) is 0 Å². The molecule has 1 aliphatic rings. The summed E-state index contributed by atoms with van der Waals surface area (Å²) in [5, 5.41) is 11.4. The highest BCUT2D eigenvalue weighted by Gasteiger charge is 2.31. The smallest absolute Gasteiger partial charge is 0.323 e. The van der Waals surface area contributed by atoms with E-state index in [1.54, 1.807) is 0 Å². The highest BCUT2D eigenvalue weighted by Crippen LogP contribution is 2.05. The summed E-state index contributed by atoms with van der Waals surface area (Å²) in [6, 6.07) is -0.680. The molecule has 1 amide bonds.